The van der Waals surface area contributed by atoms with E-state index in [1.165, 1.54) is 12.8 Å². The van der Waals surface area contributed by atoms with Crippen molar-refractivity contribution in [1.29, 1.82) is 0 Å². The fourth-order valence-corrected chi connectivity index (χ4v) is 2.91. The normalized spacial score (nSPS) is 28.1. The van der Waals surface area contributed by atoms with E-state index in [2.05, 4.69) is 10.2 Å². The molecule has 1 N–H and O–H groups in total. The van der Waals surface area contributed by atoms with E-state index >= 15 is 0 Å². The number of nitrogens with one attached hydrogen (secondary N) is 1. The highest BCUT2D eigenvalue weighted by molar-refractivity contribution is 8.00. The minimum Gasteiger partial charge on any atom is -0.312 e. The lowest BCUT2D eigenvalue weighted by Gasteiger charge is -2.24. The molecule has 6 heteroatoms. The third kappa shape index (κ3) is 5.06. The molecule has 100 valence electrons. The van der Waals surface area contributed by atoms with Crippen LogP contribution in [0.15, 0.2) is 0 Å². The average molecular weight is 268 g/mol. The van der Waals surface area contributed by atoms with Crippen LogP contribution in [0, 0.1) is 5.92 Å². The van der Waals surface area contributed by atoms with Gasteiger partial charge in [0, 0.05) is 24.9 Å². The molecule has 1 aliphatic carbocycles. The van der Waals surface area contributed by atoms with E-state index in [-0.39, 0.29) is 17.5 Å². The van der Waals surface area contributed by atoms with Crippen LogP contribution < -0.4 is 5.32 Å². The van der Waals surface area contributed by atoms with Gasteiger partial charge in [0.1, 0.15) is 0 Å². The Morgan fingerprint density at radius 3 is 2.71 bits per heavy atom. The molecule has 0 amide bonds. The molecule has 0 aromatic rings. The third-order valence-electron chi connectivity index (χ3n) is 3.38. The molecule has 1 heterocycles. The minimum absolute atomic E-state index is 0.0972. The molecule has 0 spiro atoms. The smallest absolute Gasteiger partial charge is 0.312 e. The van der Waals surface area contributed by atoms with Gasteiger partial charge in [-0.05, 0) is 50.0 Å². The van der Waals surface area contributed by atoms with Gasteiger partial charge in [0.05, 0.1) is 0 Å². The van der Waals surface area contributed by atoms with Gasteiger partial charge in [0.15, 0.2) is 0 Å². The highest BCUT2D eigenvalue weighted by Crippen LogP contribution is 2.34. The molecule has 0 radical (unpaired) electrons. The molecule has 1 aliphatic heterocycles. The highest BCUT2D eigenvalue weighted by atomic mass is 32.2. The number of thioether (sulfide) groups is 1. The predicted octanol–water partition coefficient (Wildman–Crippen LogP) is 2.31. The van der Waals surface area contributed by atoms with Gasteiger partial charge in [-0.1, -0.05) is 0 Å². The largest absolute Gasteiger partial charge is 0.441 e. The maximum atomic E-state index is 12.0. The Labute approximate surface area is 104 Å². The lowest BCUT2D eigenvalue weighted by atomic mass is 10.2. The van der Waals surface area contributed by atoms with E-state index in [4.69, 9.17) is 0 Å². The van der Waals surface area contributed by atoms with Crippen LogP contribution in [0.25, 0.3) is 0 Å². The van der Waals surface area contributed by atoms with Crippen molar-refractivity contribution in [1.82, 2.24) is 10.2 Å². The van der Waals surface area contributed by atoms with Crippen LogP contribution >= 0.6 is 11.8 Å². The van der Waals surface area contributed by atoms with Gasteiger partial charge < -0.3 is 10.2 Å². The molecular formula is C11H19F3N2S. The lowest BCUT2D eigenvalue weighted by molar-refractivity contribution is -0.0328. The first-order chi connectivity index (χ1) is 8.04. The molecule has 1 atom stereocenters. The van der Waals surface area contributed by atoms with Gasteiger partial charge in [0.2, 0.25) is 0 Å². The second-order valence-electron chi connectivity index (χ2n) is 4.85. The van der Waals surface area contributed by atoms with E-state index in [9.17, 15) is 13.2 Å². The predicted molar refractivity (Wildman–Crippen MR) is 64.1 cm³/mol. The summed E-state index contributed by atoms with van der Waals surface area (Å²) < 4.78 is 36.1. The summed E-state index contributed by atoms with van der Waals surface area (Å²) in [7, 11) is 0. The van der Waals surface area contributed by atoms with Crippen LogP contribution in [0.1, 0.15) is 19.3 Å². The number of alkyl halides is 3. The third-order valence-corrected chi connectivity index (χ3v) is 4.09. The minimum atomic E-state index is -4.08. The molecule has 1 saturated carbocycles. The van der Waals surface area contributed by atoms with E-state index in [0.29, 0.717) is 12.6 Å². The summed E-state index contributed by atoms with van der Waals surface area (Å²) in [6.07, 6.45) is 3.60. The summed E-state index contributed by atoms with van der Waals surface area (Å²) >= 11 is 0.0972. The van der Waals surface area contributed by atoms with Crippen LogP contribution in [-0.2, 0) is 0 Å². The summed E-state index contributed by atoms with van der Waals surface area (Å²) in [4.78, 5) is 2.18. The zero-order valence-electron chi connectivity index (χ0n) is 9.80. The average Bonchev–Trinajstić information content (AvgIpc) is 3.02. The van der Waals surface area contributed by atoms with Crippen molar-refractivity contribution in [2.75, 3.05) is 31.9 Å². The molecular weight excluding hydrogens is 249 g/mol. The second-order valence-corrected chi connectivity index (χ2v) is 6.01. The molecule has 2 fully saturated rings. The lowest BCUT2D eigenvalue weighted by Crippen LogP contribution is -2.40. The van der Waals surface area contributed by atoms with E-state index in [1.807, 2.05) is 0 Å². The van der Waals surface area contributed by atoms with Crippen molar-refractivity contribution >= 4 is 11.8 Å². The first kappa shape index (κ1) is 13.5. The van der Waals surface area contributed by atoms with Crippen molar-refractivity contribution in [2.45, 2.75) is 30.8 Å². The second kappa shape index (κ2) is 5.80. The molecule has 2 nitrogen and oxygen atoms in total. The monoisotopic (exact) mass is 268 g/mol. The number of halogens is 3. The molecule has 0 aromatic heterocycles. The first-order valence-corrected chi connectivity index (χ1v) is 7.19. The Hall–Kier alpha value is 0.0600. The maximum absolute atomic E-state index is 12.0. The maximum Gasteiger partial charge on any atom is 0.441 e. The summed E-state index contributed by atoms with van der Waals surface area (Å²) in [5.74, 6) is 0.923. The van der Waals surface area contributed by atoms with Gasteiger partial charge in [-0.15, -0.1) is 0 Å². The quantitative estimate of drug-likeness (QED) is 0.842. The van der Waals surface area contributed by atoms with Crippen molar-refractivity contribution in [3.05, 3.63) is 0 Å². The molecule has 1 unspecified atom stereocenters. The fraction of sp³-hybridized carbons (Fsp3) is 1.00. The summed E-state index contributed by atoms with van der Waals surface area (Å²) in [5, 5.41) is 3.51. The molecule has 0 aromatic carbocycles. The van der Waals surface area contributed by atoms with Crippen LogP contribution in [0.3, 0.4) is 0 Å². The van der Waals surface area contributed by atoms with Crippen molar-refractivity contribution in [3.8, 4) is 0 Å². The number of nitrogens with zero attached hydrogens (tertiary/aromatic N) is 1. The Morgan fingerprint density at radius 2 is 2.06 bits per heavy atom. The standard InChI is InChI=1S/C11H19F3N2S/c12-11(13,14)17-7-6-16-5-1-4-15-10(8-16)9-2-3-9/h9-10,15H,1-8H2. The summed E-state index contributed by atoms with van der Waals surface area (Å²) in [5.41, 5.74) is -4.08. The van der Waals surface area contributed by atoms with Crippen LogP contribution in [0.4, 0.5) is 13.2 Å². The van der Waals surface area contributed by atoms with Crippen molar-refractivity contribution in [2.24, 2.45) is 5.92 Å². The van der Waals surface area contributed by atoms with Crippen LogP contribution in [0.2, 0.25) is 0 Å². The summed E-state index contributed by atoms with van der Waals surface area (Å²) in [6.45, 7) is 3.40. The number of rotatable bonds is 4. The number of hydrogen-bond donors (Lipinski definition) is 1. The first-order valence-electron chi connectivity index (χ1n) is 6.21. The van der Waals surface area contributed by atoms with Gasteiger partial charge in [-0.2, -0.15) is 13.2 Å². The van der Waals surface area contributed by atoms with Gasteiger partial charge in [-0.25, -0.2) is 0 Å². The molecule has 0 bridgehead atoms. The van der Waals surface area contributed by atoms with Crippen LogP contribution in [-0.4, -0.2) is 48.4 Å². The van der Waals surface area contributed by atoms with E-state index in [0.717, 1.165) is 32.0 Å². The molecule has 17 heavy (non-hydrogen) atoms. The Morgan fingerprint density at radius 1 is 1.29 bits per heavy atom. The van der Waals surface area contributed by atoms with E-state index in [1.54, 1.807) is 0 Å². The van der Waals surface area contributed by atoms with Gasteiger partial charge in [-0.3, -0.25) is 0 Å². The van der Waals surface area contributed by atoms with E-state index < -0.39 is 5.51 Å². The molecule has 2 rings (SSSR count). The van der Waals surface area contributed by atoms with Crippen molar-refractivity contribution in [3.63, 3.8) is 0 Å². The Bertz CT molecular complexity index is 243. The Balaban J connectivity index is 1.71. The van der Waals surface area contributed by atoms with Crippen molar-refractivity contribution < 1.29 is 13.2 Å². The van der Waals surface area contributed by atoms with Gasteiger partial charge in [0.25, 0.3) is 0 Å². The summed E-state index contributed by atoms with van der Waals surface area (Å²) in [6, 6.07) is 0.508. The SMILES string of the molecule is FC(F)(F)SCCN1CCCNC(C2CC2)C1. The topological polar surface area (TPSA) is 15.3 Å². The zero-order chi connectivity index (χ0) is 12.3. The highest BCUT2D eigenvalue weighted by Gasteiger charge is 2.33. The number of hydrogen-bond acceptors (Lipinski definition) is 3. The zero-order valence-corrected chi connectivity index (χ0v) is 10.6. The van der Waals surface area contributed by atoms with Gasteiger partial charge >= 0.3 is 5.51 Å². The van der Waals surface area contributed by atoms with Crippen LogP contribution in [0.5, 0.6) is 0 Å². The fourth-order valence-electron chi connectivity index (χ4n) is 2.33. The molecule has 1 saturated heterocycles. The molecule has 2 aliphatic rings. The Kier molecular flexibility index (Phi) is 4.60.